The van der Waals surface area contributed by atoms with Crippen LogP contribution >= 0.6 is 0 Å². The zero-order chi connectivity index (χ0) is 20.2. The van der Waals surface area contributed by atoms with Crippen LogP contribution in [-0.2, 0) is 26.1 Å². The molecule has 6 nitrogen and oxygen atoms in total. The number of aliphatic hydroxyl groups is 2. The van der Waals surface area contributed by atoms with E-state index in [2.05, 4.69) is 13.8 Å². The van der Waals surface area contributed by atoms with Crippen molar-refractivity contribution < 1.29 is 46.5 Å². The molecule has 0 aliphatic heterocycles. The number of carboxylic acids is 2. The zero-order valence-corrected chi connectivity index (χ0v) is 17.9. The topological polar surface area (TPSA) is 121 Å². The molecule has 0 saturated heterocycles. The van der Waals surface area contributed by atoms with Crippen molar-refractivity contribution in [1.82, 2.24) is 0 Å². The van der Waals surface area contributed by atoms with Crippen molar-refractivity contribution >= 4 is 11.9 Å². The molecular weight excluding hydrogens is 395 g/mol. The van der Waals surface area contributed by atoms with Gasteiger partial charge in [-0.3, -0.25) is 0 Å². The summed E-state index contributed by atoms with van der Waals surface area (Å²) in [5, 5.41) is 37.9. The number of carbonyl (C=O) groups is 2. The van der Waals surface area contributed by atoms with Gasteiger partial charge in [0, 0.05) is 0 Å². The van der Waals surface area contributed by atoms with E-state index in [0.29, 0.717) is 12.8 Å². The fourth-order valence-corrected chi connectivity index (χ4v) is 2.47. The Kier molecular flexibility index (Phi) is 26.9. The maximum Gasteiger partial charge on any atom is 2.00 e. The minimum absolute atomic E-state index is 0. The second-order valence-electron chi connectivity index (χ2n) is 6.78. The van der Waals surface area contributed by atoms with Gasteiger partial charge in [0.2, 0.25) is 0 Å². The van der Waals surface area contributed by atoms with Gasteiger partial charge in [-0.05, 0) is 12.8 Å². The second-order valence-corrected chi connectivity index (χ2v) is 6.78. The normalized spacial score (nSPS) is 12.3. The van der Waals surface area contributed by atoms with E-state index in [1.807, 2.05) is 0 Å². The Bertz CT molecular complexity index is 306. The predicted octanol–water partition coefficient (Wildman–Crippen LogP) is 1.69. The van der Waals surface area contributed by atoms with Crippen LogP contribution in [0.25, 0.3) is 0 Å². The van der Waals surface area contributed by atoms with Crippen molar-refractivity contribution in [2.75, 3.05) is 0 Å². The van der Waals surface area contributed by atoms with Crippen LogP contribution in [0.2, 0.25) is 0 Å². The van der Waals surface area contributed by atoms with Crippen molar-refractivity contribution in [3.63, 3.8) is 0 Å². The van der Waals surface area contributed by atoms with Gasteiger partial charge >= 0.3 is 16.5 Å². The molecule has 0 rings (SSSR count). The summed E-state index contributed by atoms with van der Waals surface area (Å²) in [5.41, 5.74) is 0. The van der Waals surface area contributed by atoms with Gasteiger partial charge in [-0.25, -0.2) is 0 Å². The van der Waals surface area contributed by atoms with E-state index in [1.165, 1.54) is 38.5 Å². The fraction of sp³-hybridized carbons (Fsp3) is 0.900. The first-order valence-corrected chi connectivity index (χ1v) is 10.1. The largest absolute Gasteiger partial charge is 2.00 e. The van der Waals surface area contributed by atoms with Gasteiger partial charge < -0.3 is 30.0 Å². The Morgan fingerprint density at radius 1 is 0.630 bits per heavy atom. The maximum atomic E-state index is 10.1. The van der Waals surface area contributed by atoms with Crippen LogP contribution in [-0.4, -0.2) is 34.4 Å². The molecule has 0 fully saturated rings. The summed E-state index contributed by atoms with van der Waals surface area (Å²) >= 11 is 0. The first-order chi connectivity index (χ1) is 12.4. The molecule has 164 valence electrons. The molecule has 7 heteroatoms. The summed E-state index contributed by atoms with van der Waals surface area (Å²) < 4.78 is 0. The molecule has 0 aromatic heterocycles. The Morgan fingerprint density at radius 2 is 0.889 bits per heavy atom. The summed E-state index contributed by atoms with van der Waals surface area (Å²) in [5.74, 6) is -2.71. The molecule has 2 unspecified atom stereocenters. The van der Waals surface area contributed by atoms with E-state index in [-0.39, 0.29) is 16.5 Å². The third kappa shape index (κ3) is 25.4. The van der Waals surface area contributed by atoms with E-state index >= 15 is 0 Å². The van der Waals surface area contributed by atoms with Crippen molar-refractivity contribution in [2.24, 2.45) is 0 Å². The molecule has 27 heavy (non-hydrogen) atoms. The van der Waals surface area contributed by atoms with Gasteiger partial charge in [0.05, 0.1) is 24.1 Å². The number of aliphatic carboxylic acids is 2. The smallest absolute Gasteiger partial charge is 0.547 e. The van der Waals surface area contributed by atoms with E-state index in [4.69, 9.17) is 10.2 Å². The molecule has 0 radical (unpaired) electrons. The molecule has 2 N–H and O–H groups in total. The van der Waals surface area contributed by atoms with E-state index in [9.17, 15) is 19.8 Å². The van der Waals surface area contributed by atoms with Gasteiger partial charge in [0.15, 0.2) is 0 Å². The molecule has 0 aliphatic carbocycles. The molecule has 0 spiro atoms. The Balaban J connectivity index is -0.000000411. The van der Waals surface area contributed by atoms with Crippen LogP contribution in [0, 0.1) is 0 Å². The number of aliphatic hydroxyl groups excluding tert-OH is 2. The van der Waals surface area contributed by atoms with Crippen molar-refractivity contribution in [2.45, 2.75) is 116 Å². The van der Waals surface area contributed by atoms with Crippen LogP contribution in [0.1, 0.15) is 104 Å². The quantitative estimate of drug-likeness (QED) is 0.282. The van der Waals surface area contributed by atoms with Crippen molar-refractivity contribution in [3.8, 4) is 0 Å². The van der Waals surface area contributed by atoms with Crippen LogP contribution < -0.4 is 10.2 Å². The molecule has 0 bridgehead atoms. The number of rotatable bonds is 16. The monoisotopic (exact) mass is 432 g/mol. The first-order valence-electron chi connectivity index (χ1n) is 10.1. The van der Waals surface area contributed by atoms with E-state index in [0.717, 1.165) is 38.5 Å². The number of unbranched alkanes of at least 4 members (excludes halogenated alkanes) is 10. The van der Waals surface area contributed by atoms with E-state index in [1.54, 1.807) is 0 Å². The standard InChI is InChI=1S/2C10H20O3.Ni/c2*1-2-3-4-5-6-7-8-9(11)10(12)13;/h2*9,11H,2-8H2,1H3,(H,12,13);/q;;+2/p-2. The van der Waals surface area contributed by atoms with Crippen LogP contribution in [0.5, 0.6) is 0 Å². The molecule has 0 heterocycles. The minimum Gasteiger partial charge on any atom is -0.547 e. The molecule has 0 aromatic rings. The Morgan fingerprint density at radius 3 is 1.15 bits per heavy atom. The number of carboxylic acid groups (broad SMARTS) is 2. The fourth-order valence-electron chi connectivity index (χ4n) is 2.47. The molecule has 2 atom stereocenters. The molecular formula is C20H38NiO6. The van der Waals surface area contributed by atoms with Gasteiger partial charge in [0.25, 0.3) is 0 Å². The summed E-state index contributed by atoms with van der Waals surface area (Å²) in [6.07, 6.45) is 11.2. The number of hydrogen-bond donors (Lipinski definition) is 2. The Hall–Kier alpha value is -0.646. The summed E-state index contributed by atoms with van der Waals surface area (Å²) in [6.45, 7) is 4.31. The maximum absolute atomic E-state index is 10.1. The average molecular weight is 433 g/mol. The SMILES string of the molecule is CCCCCCCCC(O)C(=O)[O-].CCCCCCCCC(O)C(=O)[O-].[Ni+2]. The third-order valence-electron chi connectivity index (χ3n) is 4.21. The molecule has 0 aliphatic rings. The zero-order valence-electron chi connectivity index (χ0n) is 16.9. The number of carbonyl (C=O) groups excluding carboxylic acids is 2. The summed E-state index contributed by atoms with van der Waals surface area (Å²) in [6, 6.07) is 0. The van der Waals surface area contributed by atoms with Gasteiger partial charge in [-0.15, -0.1) is 0 Å². The predicted molar refractivity (Wildman–Crippen MR) is 98.0 cm³/mol. The average Bonchev–Trinajstić information content (AvgIpc) is 2.60. The van der Waals surface area contributed by atoms with Gasteiger partial charge in [-0.2, -0.15) is 0 Å². The second kappa shape index (κ2) is 23.4. The van der Waals surface area contributed by atoms with E-state index < -0.39 is 24.1 Å². The Labute approximate surface area is 174 Å². The van der Waals surface area contributed by atoms with Crippen LogP contribution in [0.15, 0.2) is 0 Å². The van der Waals surface area contributed by atoms with Crippen molar-refractivity contribution in [1.29, 1.82) is 0 Å². The summed E-state index contributed by atoms with van der Waals surface area (Å²) in [4.78, 5) is 20.2. The number of hydrogen-bond acceptors (Lipinski definition) is 6. The molecule has 0 aromatic carbocycles. The van der Waals surface area contributed by atoms with Gasteiger partial charge in [0.1, 0.15) is 0 Å². The van der Waals surface area contributed by atoms with Gasteiger partial charge in [-0.1, -0.05) is 90.9 Å². The van der Waals surface area contributed by atoms with Crippen molar-refractivity contribution in [3.05, 3.63) is 0 Å². The minimum atomic E-state index is -1.35. The molecule has 0 saturated carbocycles. The van der Waals surface area contributed by atoms with Crippen LogP contribution in [0.4, 0.5) is 0 Å². The third-order valence-corrected chi connectivity index (χ3v) is 4.21. The molecule has 0 amide bonds. The first kappa shape index (κ1) is 31.1. The summed E-state index contributed by atoms with van der Waals surface area (Å²) in [7, 11) is 0. The van der Waals surface area contributed by atoms with Crippen LogP contribution in [0.3, 0.4) is 0 Å².